The highest BCUT2D eigenvalue weighted by atomic mass is 80.0. The van der Waals surface area contributed by atoms with E-state index in [1.54, 1.807) is 6.07 Å². The molecule has 0 aromatic heterocycles. The molecule has 5 aromatic carbocycles. The number of hydrogen-bond acceptors (Lipinski definition) is 14. The van der Waals surface area contributed by atoms with Crippen LogP contribution in [0.2, 0.25) is 0 Å². The number of alkyl halides is 6. The summed E-state index contributed by atoms with van der Waals surface area (Å²) in [4.78, 5) is 120. The van der Waals surface area contributed by atoms with Gasteiger partial charge in [-0.25, -0.2) is 0 Å². The summed E-state index contributed by atoms with van der Waals surface area (Å²) < 4.78 is 9.20. The molecule has 0 atom stereocenters. The highest BCUT2D eigenvalue weighted by molar-refractivity contribution is 9.52. The molecule has 0 bridgehead atoms. The number of aliphatic hydroxyl groups is 2. The number of benzene rings is 5. The summed E-state index contributed by atoms with van der Waals surface area (Å²) in [7, 11) is 2.24. The lowest BCUT2D eigenvalue weighted by atomic mass is 9.81. The average Bonchev–Trinajstić information content (AvgIpc) is 1.43. The van der Waals surface area contributed by atoms with Crippen molar-refractivity contribution in [3.05, 3.63) is 150 Å². The number of anilines is 2. The number of esters is 2. The van der Waals surface area contributed by atoms with Crippen LogP contribution in [0.1, 0.15) is 73.6 Å². The summed E-state index contributed by atoms with van der Waals surface area (Å²) in [6, 6.07) is 42.7. The van der Waals surface area contributed by atoms with Crippen molar-refractivity contribution >= 4 is 190 Å². The molecule has 5 aromatic rings. The zero-order valence-corrected chi connectivity index (χ0v) is 62.1. The van der Waals surface area contributed by atoms with Crippen LogP contribution in [0, 0.1) is 23.7 Å². The molecule has 10 N–H and O–H groups in total. The quantitative estimate of drug-likeness (QED) is 0.0156. The van der Waals surface area contributed by atoms with Gasteiger partial charge in [-0.05, 0) is 185 Å². The van der Waals surface area contributed by atoms with Gasteiger partial charge in [0, 0.05) is 33.9 Å². The molecule has 0 radical (unpaired) electrons. The van der Waals surface area contributed by atoms with Crippen LogP contribution < -0.4 is 58.4 Å². The first kappa shape index (κ1) is 80.5. The molecular formula is C65H77Br6N8O14P. The van der Waals surface area contributed by atoms with Crippen LogP contribution >= 0.6 is 104 Å². The standard InChI is InChI=1S/C23H30Br2N4O6.C23H32N4O8.C18H15P.CBr4/c1-35-23(34)17-4-2-16(3-5-17)22(33)28-12-20(31)26-11-19(30)27-13-21(32)29-18-7-14(9-24)6-15(8-18)10-25;1-35-23(34)17-4-2-16(3-5-17)22(33)26-10-20(31)24-9-19(30)25-11-21(32)27-18-7-14(12-28)6-15(8-18)13-29;1-4-10-16(11-5-1)19(17-12-6-2-7-13-17)18-14-8-3-9-15-18;2-1(3,4)5/h6-8,16-17H,2-5,9-13H2,1H3,(H,26,31)(H,27,30)(H,28,33)(H,29,32);6-8,16-17,28-29H,2-5,9-13H2,1H3,(H,24,31)(H,25,30)(H,26,33)(H,27,32);1-15H;. The highest BCUT2D eigenvalue weighted by Gasteiger charge is 2.32. The number of rotatable bonds is 25. The second-order valence-electron chi connectivity index (χ2n) is 21.2. The molecule has 94 heavy (non-hydrogen) atoms. The third-order valence-electron chi connectivity index (χ3n) is 14.3. The van der Waals surface area contributed by atoms with Gasteiger partial charge in [-0.1, -0.05) is 135 Å². The van der Waals surface area contributed by atoms with E-state index >= 15 is 0 Å². The van der Waals surface area contributed by atoms with E-state index in [1.165, 1.54) is 42.3 Å². The highest BCUT2D eigenvalue weighted by Crippen LogP contribution is 2.39. The summed E-state index contributed by atoms with van der Waals surface area (Å²) in [5.41, 5.74) is 4.02. The Morgan fingerprint density at radius 1 is 0.404 bits per heavy atom. The normalized spacial score (nSPS) is 15.5. The number of halogens is 6. The number of carbonyl (C=O) groups is 10. The van der Waals surface area contributed by atoms with Crippen LogP contribution in [0.25, 0.3) is 0 Å². The summed E-state index contributed by atoms with van der Waals surface area (Å²) in [6.07, 6.45) is 4.42. The fourth-order valence-corrected chi connectivity index (χ4v) is 12.7. The van der Waals surface area contributed by atoms with Gasteiger partial charge in [0.1, 0.15) is 0 Å². The SMILES string of the molecule is BrC(Br)(Br)Br.COC(=O)C1CCC(C(=O)NCC(=O)NCC(=O)NCC(=O)Nc2cc(CBr)cc(CBr)c2)CC1.COC(=O)C1CCC(C(=O)NCC(=O)NCC(=O)NCC(=O)Nc2cc(CO)cc(CO)c2)CC1.c1ccc(P(c2ccccc2)c2ccccc2)cc1. The second-order valence-corrected chi connectivity index (χ2v) is 35.7. The Balaban J connectivity index is 0.000000300. The summed E-state index contributed by atoms with van der Waals surface area (Å²) in [5, 5.41) is 43.9. The van der Waals surface area contributed by atoms with Crippen molar-refractivity contribution in [2.24, 2.45) is 23.7 Å². The number of nitrogens with one attached hydrogen (secondary N) is 8. The Bertz CT molecular complexity index is 2980. The van der Waals surface area contributed by atoms with Gasteiger partial charge in [-0.15, -0.1) is 0 Å². The first-order valence-electron chi connectivity index (χ1n) is 29.6. The zero-order chi connectivity index (χ0) is 69.0. The molecule has 0 spiro atoms. The van der Waals surface area contributed by atoms with Gasteiger partial charge in [0.05, 0.1) is 78.5 Å². The number of carbonyl (C=O) groups excluding carboxylic acids is 10. The molecule has 8 amide bonds. The predicted molar refractivity (Wildman–Crippen MR) is 384 cm³/mol. The van der Waals surface area contributed by atoms with Crippen LogP contribution in [0.15, 0.2) is 127 Å². The third kappa shape index (κ3) is 31.7. The van der Waals surface area contributed by atoms with E-state index in [4.69, 9.17) is 9.47 Å². The first-order valence-corrected chi connectivity index (χ1v) is 36.4. The van der Waals surface area contributed by atoms with Crippen molar-refractivity contribution in [1.29, 1.82) is 0 Å². The fraction of sp³-hybridized carbons (Fsp3) is 0.385. The largest absolute Gasteiger partial charge is 0.469 e. The number of methoxy groups -OCH3 is 2. The lowest BCUT2D eigenvalue weighted by Gasteiger charge is -2.25. The molecule has 2 fully saturated rings. The van der Waals surface area contributed by atoms with Gasteiger partial charge in [-0.2, -0.15) is 0 Å². The maximum Gasteiger partial charge on any atom is 0.308 e. The monoisotopic (exact) mass is 1700 g/mol. The number of aliphatic hydroxyl groups excluding tert-OH is 2. The number of ether oxygens (including phenoxy) is 2. The van der Waals surface area contributed by atoms with E-state index in [-0.39, 0.29) is 101 Å². The van der Waals surface area contributed by atoms with Crippen LogP contribution in [-0.2, 0) is 81.3 Å². The lowest BCUT2D eigenvalue weighted by Crippen LogP contribution is -2.44. The molecule has 29 heteroatoms. The van der Waals surface area contributed by atoms with Gasteiger partial charge >= 0.3 is 11.9 Å². The molecule has 0 saturated heterocycles. The van der Waals surface area contributed by atoms with Crippen LogP contribution in [0.4, 0.5) is 11.4 Å². The molecule has 2 aliphatic rings. The number of hydrogen-bond donors (Lipinski definition) is 10. The summed E-state index contributed by atoms with van der Waals surface area (Å²) in [5.74, 6) is -5.11. The minimum Gasteiger partial charge on any atom is -0.469 e. The Hall–Kier alpha value is -5.97. The molecular weight excluding hydrogens is 1630 g/mol. The van der Waals surface area contributed by atoms with Crippen molar-refractivity contribution < 1.29 is 67.6 Å². The van der Waals surface area contributed by atoms with E-state index < -0.39 is 43.4 Å². The van der Waals surface area contributed by atoms with Crippen molar-refractivity contribution in [2.75, 3.05) is 64.1 Å². The Morgan fingerprint density at radius 3 is 0.936 bits per heavy atom. The molecule has 0 heterocycles. The average molecular weight is 1700 g/mol. The molecule has 0 unspecified atom stereocenters. The molecule has 7 rings (SSSR count). The van der Waals surface area contributed by atoms with Crippen LogP contribution in [-0.4, -0.2) is 124 Å². The fourth-order valence-electron chi connectivity index (χ4n) is 9.70. The third-order valence-corrected chi connectivity index (χ3v) is 18.0. The summed E-state index contributed by atoms with van der Waals surface area (Å²) >= 11 is 19.3. The predicted octanol–water partition coefficient (Wildman–Crippen LogP) is 7.30. The number of amides is 8. The van der Waals surface area contributed by atoms with Gasteiger partial charge in [0.15, 0.2) is 1.05 Å². The maximum atomic E-state index is 12.3. The van der Waals surface area contributed by atoms with Crippen LogP contribution in [0.3, 0.4) is 0 Å². The first-order chi connectivity index (χ1) is 44.9. The second kappa shape index (κ2) is 44.0. The molecule has 2 aliphatic carbocycles. The van der Waals surface area contributed by atoms with Crippen molar-refractivity contribution in [3.8, 4) is 0 Å². The van der Waals surface area contributed by atoms with E-state index in [0.717, 1.165) is 11.1 Å². The molecule has 2 saturated carbocycles. The topological polar surface area (TPSA) is 326 Å². The minimum atomic E-state index is -0.596. The zero-order valence-electron chi connectivity index (χ0n) is 51.7. The van der Waals surface area contributed by atoms with Gasteiger partial charge in [-0.3, -0.25) is 47.9 Å². The van der Waals surface area contributed by atoms with Crippen molar-refractivity contribution in [2.45, 2.75) is 76.3 Å². The Labute approximate surface area is 598 Å². The minimum absolute atomic E-state index is 0.181. The van der Waals surface area contributed by atoms with Crippen molar-refractivity contribution in [1.82, 2.24) is 31.9 Å². The maximum absolute atomic E-state index is 12.3. The van der Waals surface area contributed by atoms with E-state index in [9.17, 15) is 58.2 Å². The van der Waals surface area contributed by atoms with Gasteiger partial charge < -0.3 is 62.2 Å². The molecule has 0 aliphatic heterocycles. The Kier molecular flexibility index (Phi) is 37.6. The van der Waals surface area contributed by atoms with E-state index in [0.29, 0.717) is 84.5 Å². The van der Waals surface area contributed by atoms with Gasteiger partial charge in [0.2, 0.25) is 47.3 Å². The van der Waals surface area contributed by atoms with Gasteiger partial charge in [0.25, 0.3) is 0 Å². The van der Waals surface area contributed by atoms with Crippen molar-refractivity contribution in [3.63, 3.8) is 0 Å². The Morgan fingerprint density at radius 2 is 0.660 bits per heavy atom. The van der Waals surface area contributed by atoms with Crippen LogP contribution in [0.5, 0.6) is 0 Å². The van der Waals surface area contributed by atoms with E-state index in [2.05, 4.69) is 229 Å². The summed E-state index contributed by atoms with van der Waals surface area (Å²) in [6.45, 7) is -2.37. The van der Waals surface area contributed by atoms with E-state index in [1.807, 2.05) is 18.2 Å². The molecule has 22 nitrogen and oxygen atoms in total. The lowest BCUT2D eigenvalue weighted by molar-refractivity contribution is -0.148. The smallest absolute Gasteiger partial charge is 0.308 e. The molecule has 508 valence electrons.